The average Bonchev–Trinajstić information content (AvgIpc) is 2.57. The molecule has 0 aromatic carbocycles. The predicted octanol–water partition coefficient (Wildman–Crippen LogP) is 6.94. The van der Waals surface area contributed by atoms with Gasteiger partial charge in [-0.15, -0.1) is 12.6 Å². The molecular weight excluding hydrogens is 336 g/mol. The number of pyridine rings is 1. The molecule has 0 aliphatic rings. The second kappa shape index (κ2) is 13.2. The van der Waals surface area contributed by atoms with Crippen molar-refractivity contribution >= 4 is 18.4 Å². The lowest BCUT2D eigenvalue weighted by Crippen LogP contribution is -2.02. The van der Waals surface area contributed by atoms with Gasteiger partial charge in [-0.1, -0.05) is 60.6 Å². The number of rotatable bonds is 5. The van der Waals surface area contributed by atoms with Crippen LogP contribution < -0.4 is 5.73 Å². The number of allylic oxidation sites excluding steroid dienone is 10. The summed E-state index contributed by atoms with van der Waals surface area (Å²) < 4.78 is 0. The van der Waals surface area contributed by atoms with Crippen molar-refractivity contribution in [3.63, 3.8) is 0 Å². The van der Waals surface area contributed by atoms with Crippen LogP contribution >= 0.6 is 12.6 Å². The fourth-order valence-electron chi connectivity index (χ4n) is 2.11. The molecule has 2 nitrogen and oxygen atoms in total. The number of aryl methyl sites for hydroxylation is 1. The molecule has 0 bridgehead atoms. The van der Waals surface area contributed by atoms with Crippen LogP contribution in [0.3, 0.4) is 0 Å². The van der Waals surface area contributed by atoms with E-state index in [0.717, 1.165) is 16.2 Å². The van der Waals surface area contributed by atoms with Crippen molar-refractivity contribution < 1.29 is 0 Å². The highest BCUT2D eigenvalue weighted by molar-refractivity contribution is 7.84. The molecular formula is C23H34N2S. The van der Waals surface area contributed by atoms with E-state index < -0.39 is 0 Å². The maximum Gasteiger partial charge on any atom is 0.123 e. The first kappa shape index (κ1) is 24.0. The molecule has 1 atom stereocenters. The molecule has 1 aromatic heterocycles. The smallest absolute Gasteiger partial charge is 0.123 e. The van der Waals surface area contributed by atoms with Gasteiger partial charge in [0.15, 0.2) is 0 Å². The minimum atomic E-state index is 0.298. The summed E-state index contributed by atoms with van der Waals surface area (Å²) in [6.45, 7) is 14.4. The summed E-state index contributed by atoms with van der Waals surface area (Å²) in [5.74, 6) is 0.898. The quantitative estimate of drug-likeness (QED) is 0.435. The Morgan fingerprint density at radius 2 is 1.77 bits per heavy atom. The molecule has 26 heavy (non-hydrogen) atoms. The van der Waals surface area contributed by atoms with Crippen LogP contribution in [-0.2, 0) is 0 Å². The van der Waals surface area contributed by atoms with Crippen molar-refractivity contribution in [2.24, 2.45) is 0 Å². The van der Waals surface area contributed by atoms with Gasteiger partial charge in [-0.05, 0) is 64.1 Å². The molecule has 0 spiro atoms. The lowest BCUT2D eigenvalue weighted by Gasteiger charge is -2.13. The van der Waals surface area contributed by atoms with Crippen molar-refractivity contribution in [3.05, 3.63) is 82.0 Å². The summed E-state index contributed by atoms with van der Waals surface area (Å²) in [6, 6.07) is 4.00. The number of thiol groups is 1. The third-order valence-electron chi connectivity index (χ3n) is 3.80. The molecule has 1 unspecified atom stereocenters. The largest absolute Gasteiger partial charge is 0.384 e. The van der Waals surface area contributed by atoms with Gasteiger partial charge < -0.3 is 5.73 Å². The topological polar surface area (TPSA) is 38.9 Å². The summed E-state index contributed by atoms with van der Waals surface area (Å²) >= 11 is 4.09. The van der Waals surface area contributed by atoms with E-state index >= 15 is 0 Å². The molecule has 0 saturated carbocycles. The second-order valence-corrected chi connectivity index (χ2v) is 7.06. The first-order chi connectivity index (χ1) is 12.2. The van der Waals surface area contributed by atoms with Gasteiger partial charge in [0.05, 0.1) is 0 Å². The maximum atomic E-state index is 5.78. The molecule has 142 valence electrons. The Labute approximate surface area is 165 Å². The molecule has 2 N–H and O–H groups in total. The standard InChI is InChI=1S/C15H22N2.C8H12S/c1-6-10(2)7-12(4)13(5)14-8-11(3)9-15(16)17-14;1-3-4-5-6-7-8(2)9/h6-9,13H,1-5H3,(H2,16,17);3-7,9H,1-2H3/b10-6-,12-7-;4-3-,6-5-,8-7+. The summed E-state index contributed by atoms with van der Waals surface area (Å²) in [5, 5.41) is 0. The first-order valence-electron chi connectivity index (χ1n) is 8.91. The van der Waals surface area contributed by atoms with Gasteiger partial charge >= 0.3 is 0 Å². The SMILES string of the molecule is C/C=C(C)\C=C(\C)C(C)c1cc(C)cc(N)n1.C\C=C/C=C\C=C(/C)S. The Hall–Kier alpha value is -2.00. The number of anilines is 1. The fraction of sp³-hybridized carbons (Fsp3) is 0.348. The van der Waals surface area contributed by atoms with Gasteiger partial charge in [0.1, 0.15) is 5.82 Å². The number of hydrogen-bond donors (Lipinski definition) is 2. The highest BCUT2D eigenvalue weighted by Crippen LogP contribution is 2.24. The first-order valence-corrected chi connectivity index (χ1v) is 9.36. The van der Waals surface area contributed by atoms with Crippen molar-refractivity contribution in [2.45, 2.75) is 54.4 Å². The van der Waals surface area contributed by atoms with E-state index in [-0.39, 0.29) is 0 Å². The van der Waals surface area contributed by atoms with Crippen LogP contribution in [0.2, 0.25) is 0 Å². The molecule has 0 radical (unpaired) electrons. The lowest BCUT2D eigenvalue weighted by molar-refractivity contribution is 0.847. The van der Waals surface area contributed by atoms with Crippen molar-refractivity contribution in [3.8, 4) is 0 Å². The summed E-state index contributed by atoms with van der Waals surface area (Å²) in [7, 11) is 0. The van der Waals surface area contributed by atoms with Crippen molar-refractivity contribution in [2.75, 3.05) is 5.73 Å². The second-order valence-electron chi connectivity index (χ2n) is 6.36. The number of nitrogen functional groups attached to an aromatic ring is 1. The number of nitrogens with zero attached hydrogens (tertiary/aromatic N) is 1. The molecule has 0 saturated heterocycles. The summed E-state index contributed by atoms with van der Waals surface area (Å²) in [6.07, 6.45) is 14.1. The number of hydrogen-bond acceptors (Lipinski definition) is 3. The Bertz CT molecular complexity index is 683. The van der Waals surface area contributed by atoms with E-state index in [1.165, 1.54) is 11.1 Å². The monoisotopic (exact) mass is 370 g/mol. The minimum Gasteiger partial charge on any atom is -0.384 e. The predicted molar refractivity (Wildman–Crippen MR) is 122 cm³/mol. The van der Waals surface area contributed by atoms with Gasteiger partial charge in [0.25, 0.3) is 0 Å². The van der Waals surface area contributed by atoms with Gasteiger partial charge in [0, 0.05) is 11.6 Å². The Balaban J connectivity index is 0.000000590. The fourth-order valence-corrected chi connectivity index (χ4v) is 2.20. The van der Waals surface area contributed by atoms with E-state index in [1.807, 2.05) is 64.1 Å². The van der Waals surface area contributed by atoms with Crippen molar-refractivity contribution in [1.29, 1.82) is 0 Å². The molecule has 0 amide bonds. The molecule has 0 fully saturated rings. The van der Waals surface area contributed by atoms with Gasteiger partial charge in [0.2, 0.25) is 0 Å². The average molecular weight is 371 g/mol. The lowest BCUT2D eigenvalue weighted by atomic mass is 9.96. The summed E-state index contributed by atoms with van der Waals surface area (Å²) in [4.78, 5) is 5.43. The Morgan fingerprint density at radius 1 is 1.12 bits per heavy atom. The van der Waals surface area contributed by atoms with E-state index in [0.29, 0.717) is 11.7 Å². The van der Waals surface area contributed by atoms with Crippen LogP contribution in [0.1, 0.15) is 58.7 Å². The highest BCUT2D eigenvalue weighted by Gasteiger charge is 2.10. The van der Waals surface area contributed by atoms with Gasteiger partial charge in [-0.25, -0.2) is 4.98 Å². The Kier molecular flexibility index (Phi) is 12.2. The Morgan fingerprint density at radius 3 is 2.27 bits per heavy atom. The zero-order valence-corrected chi connectivity index (χ0v) is 18.1. The highest BCUT2D eigenvalue weighted by atomic mass is 32.1. The molecule has 0 aliphatic heterocycles. The van der Waals surface area contributed by atoms with Crippen LogP contribution in [0.25, 0.3) is 0 Å². The maximum absolute atomic E-state index is 5.78. The minimum absolute atomic E-state index is 0.298. The third kappa shape index (κ3) is 10.8. The number of aromatic nitrogens is 1. The van der Waals surface area contributed by atoms with Crippen LogP contribution in [0.15, 0.2) is 70.7 Å². The van der Waals surface area contributed by atoms with E-state index in [2.05, 4.69) is 56.6 Å². The van der Waals surface area contributed by atoms with Crippen molar-refractivity contribution in [1.82, 2.24) is 4.98 Å². The number of nitrogens with two attached hydrogens (primary N) is 1. The van der Waals surface area contributed by atoms with Crippen LogP contribution in [0.5, 0.6) is 0 Å². The third-order valence-corrected chi connectivity index (χ3v) is 3.95. The van der Waals surface area contributed by atoms with E-state index in [9.17, 15) is 0 Å². The molecule has 1 rings (SSSR count). The van der Waals surface area contributed by atoms with E-state index in [1.54, 1.807) is 0 Å². The van der Waals surface area contributed by atoms with Gasteiger partial charge in [-0.2, -0.15) is 0 Å². The van der Waals surface area contributed by atoms with Crippen LogP contribution in [-0.4, -0.2) is 4.98 Å². The van der Waals surface area contributed by atoms with Gasteiger partial charge in [-0.3, -0.25) is 0 Å². The van der Waals surface area contributed by atoms with Crippen LogP contribution in [0, 0.1) is 6.92 Å². The molecule has 1 aromatic rings. The van der Waals surface area contributed by atoms with E-state index in [4.69, 9.17) is 5.73 Å². The molecule has 0 aliphatic carbocycles. The molecule has 3 heteroatoms. The summed E-state index contributed by atoms with van der Waals surface area (Å²) in [5.41, 5.74) is 10.6. The zero-order valence-electron chi connectivity index (χ0n) is 17.2. The normalized spacial score (nSPS) is 14.5. The molecule has 1 heterocycles. The van der Waals surface area contributed by atoms with Crippen LogP contribution in [0.4, 0.5) is 5.82 Å². The zero-order chi connectivity index (χ0) is 20.1.